The second-order valence-corrected chi connectivity index (χ2v) is 3.57. The summed E-state index contributed by atoms with van der Waals surface area (Å²) in [6.07, 6.45) is -1.33. The van der Waals surface area contributed by atoms with Gasteiger partial charge in [0.1, 0.15) is 6.61 Å². The van der Waals surface area contributed by atoms with Gasteiger partial charge in [-0.05, 0) is 6.07 Å². The SMILES string of the molecule is COc1cc(C#N)c(C2COC(=O)O2)cc1OC. The Morgan fingerprint density at radius 1 is 1.33 bits per heavy atom. The van der Waals surface area contributed by atoms with Crippen molar-refractivity contribution in [2.45, 2.75) is 6.10 Å². The van der Waals surface area contributed by atoms with Gasteiger partial charge in [0.05, 0.1) is 25.9 Å². The Labute approximate surface area is 104 Å². The average Bonchev–Trinajstić information content (AvgIpc) is 2.83. The van der Waals surface area contributed by atoms with E-state index < -0.39 is 12.3 Å². The number of carbonyl (C=O) groups is 1. The molecule has 1 saturated heterocycles. The van der Waals surface area contributed by atoms with Crippen molar-refractivity contribution < 1.29 is 23.7 Å². The number of hydrogen-bond donors (Lipinski definition) is 0. The molecule has 6 nitrogen and oxygen atoms in total. The lowest BCUT2D eigenvalue weighted by atomic mass is 10.0. The van der Waals surface area contributed by atoms with Gasteiger partial charge in [0, 0.05) is 11.6 Å². The molecule has 0 saturated carbocycles. The molecule has 1 heterocycles. The standard InChI is InChI=1S/C12H11NO5/c1-15-9-3-7(5-13)8(4-10(9)16-2)11-6-17-12(14)18-11/h3-4,11H,6H2,1-2H3. The second kappa shape index (κ2) is 4.84. The molecule has 1 atom stereocenters. The molecule has 0 radical (unpaired) electrons. The lowest BCUT2D eigenvalue weighted by Gasteiger charge is -2.13. The number of hydrogen-bond acceptors (Lipinski definition) is 6. The largest absolute Gasteiger partial charge is 0.509 e. The topological polar surface area (TPSA) is 77.8 Å². The van der Waals surface area contributed by atoms with Crippen LogP contribution in [-0.4, -0.2) is 27.0 Å². The highest BCUT2D eigenvalue weighted by Gasteiger charge is 2.29. The molecule has 0 aliphatic carbocycles. The van der Waals surface area contributed by atoms with E-state index in [1.165, 1.54) is 14.2 Å². The highest BCUT2D eigenvalue weighted by atomic mass is 16.8. The monoisotopic (exact) mass is 249 g/mol. The molecule has 18 heavy (non-hydrogen) atoms. The summed E-state index contributed by atoms with van der Waals surface area (Å²) in [5, 5.41) is 9.10. The summed E-state index contributed by atoms with van der Waals surface area (Å²) in [5.41, 5.74) is 0.900. The Morgan fingerprint density at radius 3 is 2.50 bits per heavy atom. The van der Waals surface area contributed by atoms with Crippen molar-refractivity contribution in [1.29, 1.82) is 5.26 Å². The van der Waals surface area contributed by atoms with E-state index in [1.807, 2.05) is 6.07 Å². The first-order valence-electron chi connectivity index (χ1n) is 5.19. The van der Waals surface area contributed by atoms with Crippen LogP contribution in [-0.2, 0) is 9.47 Å². The highest BCUT2D eigenvalue weighted by Crippen LogP contribution is 2.35. The van der Waals surface area contributed by atoms with Gasteiger partial charge in [-0.1, -0.05) is 0 Å². The Morgan fingerprint density at radius 2 is 2.00 bits per heavy atom. The van der Waals surface area contributed by atoms with Crippen molar-refractivity contribution in [3.8, 4) is 17.6 Å². The van der Waals surface area contributed by atoms with Crippen LogP contribution in [0.2, 0.25) is 0 Å². The first-order chi connectivity index (χ1) is 8.69. The van der Waals surface area contributed by atoms with Crippen LogP contribution >= 0.6 is 0 Å². The van der Waals surface area contributed by atoms with Crippen LogP contribution in [0, 0.1) is 11.3 Å². The van der Waals surface area contributed by atoms with Gasteiger partial charge < -0.3 is 18.9 Å². The van der Waals surface area contributed by atoms with E-state index in [-0.39, 0.29) is 6.61 Å². The molecule has 0 spiro atoms. The number of nitriles is 1. The van der Waals surface area contributed by atoms with Gasteiger partial charge in [-0.3, -0.25) is 0 Å². The predicted octanol–water partition coefficient (Wildman–Crippen LogP) is 1.78. The maximum Gasteiger partial charge on any atom is 0.509 e. The molecule has 0 N–H and O–H groups in total. The normalized spacial score (nSPS) is 17.6. The summed E-state index contributed by atoms with van der Waals surface area (Å²) < 4.78 is 19.9. The molecule has 1 aromatic rings. The minimum absolute atomic E-state index is 0.0863. The van der Waals surface area contributed by atoms with Gasteiger partial charge >= 0.3 is 6.16 Å². The number of carbonyl (C=O) groups excluding carboxylic acids is 1. The molecule has 0 aromatic heterocycles. The molecule has 1 aromatic carbocycles. The third kappa shape index (κ3) is 2.02. The fourth-order valence-electron chi connectivity index (χ4n) is 1.74. The number of methoxy groups -OCH3 is 2. The van der Waals surface area contributed by atoms with Gasteiger partial charge in [-0.25, -0.2) is 4.79 Å². The molecule has 0 amide bonds. The Kier molecular flexibility index (Phi) is 3.24. The maximum absolute atomic E-state index is 10.9. The molecule has 1 aliphatic rings. The van der Waals surface area contributed by atoms with Crippen LogP contribution in [0.5, 0.6) is 11.5 Å². The quantitative estimate of drug-likeness (QED) is 0.760. The first kappa shape index (κ1) is 12.0. The van der Waals surface area contributed by atoms with E-state index in [1.54, 1.807) is 12.1 Å². The number of cyclic esters (lactones) is 2. The van der Waals surface area contributed by atoms with Crippen LogP contribution in [0.15, 0.2) is 12.1 Å². The maximum atomic E-state index is 10.9. The zero-order valence-electron chi connectivity index (χ0n) is 9.93. The molecule has 94 valence electrons. The van der Waals surface area contributed by atoms with Gasteiger partial charge in [0.2, 0.25) is 0 Å². The molecular formula is C12H11NO5. The van der Waals surface area contributed by atoms with E-state index >= 15 is 0 Å². The Bertz CT molecular complexity index is 520. The van der Waals surface area contributed by atoms with Gasteiger partial charge in [-0.15, -0.1) is 0 Å². The molecule has 1 aliphatic heterocycles. The fraction of sp³-hybridized carbons (Fsp3) is 0.333. The minimum Gasteiger partial charge on any atom is -0.493 e. The number of rotatable bonds is 3. The minimum atomic E-state index is -0.737. The third-order valence-corrected chi connectivity index (χ3v) is 2.61. The zero-order valence-corrected chi connectivity index (χ0v) is 9.93. The van der Waals surface area contributed by atoms with E-state index in [0.717, 1.165) is 0 Å². The number of ether oxygens (including phenoxy) is 4. The predicted molar refractivity (Wildman–Crippen MR) is 59.4 cm³/mol. The highest BCUT2D eigenvalue weighted by molar-refractivity contribution is 5.63. The molecule has 0 bridgehead atoms. The van der Waals surface area contributed by atoms with Crippen LogP contribution in [0.4, 0.5) is 4.79 Å². The van der Waals surface area contributed by atoms with Gasteiger partial charge in [0.25, 0.3) is 0 Å². The van der Waals surface area contributed by atoms with Crippen molar-refractivity contribution in [3.05, 3.63) is 23.3 Å². The first-order valence-corrected chi connectivity index (χ1v) is 5.19. The van der Waals surface area contributed by atoms with Crippen LogP contribution in [0.25, 0.3) is 0 Å². The molecule has 1 unspecified atom stereocenters. The van der Waals surface area contributed by atoms with E-state index in [4.69, 9.17) is 24.2 Å². The molecule has 2 rings (SSSR count). The van der Waals surface area contributed by atoms with E-state index in [0.29, 0.717) is 22.6 Å². The van der Waals surface area contributed by atoms with Crippen molar-refractivity contribution in [3.63, 3.8) is 0 Å². The summed E-state index contributed by atoms with van der Waals surface area (Å²) in [4.78, 5) is 10.9. The number of nitrogens with zero attached hydrogens (tertiary/aromatic N) is 1. The van der Waals surface area contributed by atoms with Gasteiger partial charge in [-0.2, -0.15) is 5.26 Å². The smallest absolute Gasteiger partial charge is 0.493 e. The van der Waals surface area contributed by atoms with Crippen molar-refractivity contribution in [2.24, 2.45) is 0 Å². The van der Waals surface area contributed by atoms with E-state index in [9.17, 15) is 4.79 Å². The zero-order chi connectivity index (χ0) is 13.1. The lowest BCUT2D eigenvalue weighted by Crippen LogP contribution is -2.04. The van der Waals surface area contributed by atoms with Crippen LogP contribution < -0.4 is 9.47 Å². The summed E-state index contributed by atoms with van der Waals surface area (Å²) in [5.74, 6) is 0.914. The molecule has 1 fully saturated rings. The van der Waals surface area contributed by atoms with Crippen molar-refractivity contribution >= 4 is 6.16 Å². The fourth-order valence-corrected chi connectivity index (χ4v) is 1.74. The summed E-state index contributed by atoms with van der Waals surface area (Å²) in [6, 6.07) is 5.19. The van der Waals surface area contributed by atoms with Crippen LogP contribution in [0.3, 0.4) is 0 Å². The lowest BCUT2D eigenvalue weighted by molar-refractivity contribution is 0.118. The van der Waals surface area contributed by atoms with Gasteiger partial charge in [0.15, 0.2) is 17.6 Å². The van der Waals surface area contributed by atoms with Crippen molar-refractivity contribution in [1.82, 2.24) is 0 Å². The molecular weight excluding hydrogens is 238 g/mol. The Hall–Kier alpha value is -2.42. The number of benzene rings is 1. The third-order valence-electron chi connectivity index (χ3n) is 2.61. The average molecular weight is 249 g/mol. The summed E-state index contributed by atoms with van der Waals surface area (Å²) >= 11 is 0. The van der Waals surface area contributed by atoms with Crippen molar-refractivity contribution in [2.75, 3.05) is 20.8 Å². The second-order valence-electron chi connectivity index (χ2n) is 3.57. The van der Waals surface area contributed by atoms with E-state index in [2.05, 4.69) is 0 Å². The Balaban J connectivity index is 2.46. The van der Waals surface area contributed by atoms with Crippen LogP contribution in [0.1, 0.15) is 17.2 Å². The molecule has 6 heteroatoms. The summed E-state index contributed by atoms with van der Waals surface area (Å²) in [6.45, 7) is 0.0863. The summed E-state index contributed by atoms with van der Waals surface area (Å²) in [7, 11) is 2.97.